The van der Waals surface area contributed by atoms with E-state index in [1.54, 1.807) is 64.4 Å². The van der Waals surface area contributed by atoms with Gasteiger partial charge >= 0.3 is 5.97 Å². The van der Waals surface area contributed by atoms with Crippen molar-refractivity contribution in [3.8, 4) is 17.2 Å². The third kappa shape index (κ3) is 10.3. The Balaban J connectivity index is 0.893. The largest absolute Gasteiger partial charge is 0.495 e. The lowest BCUT2D eigenvalue weighted by Gasteiger charge is -2.43. The molecule has 14 nitrogen and oxygen atoms in total. The van der Waals surface area contributed by atoms with Crippen LogP contribution >= 0.6 is 0 Å². The van der Waals surface area contributed by atoms with E-state index in [1.807, 2.05) is 17.0 Å². The number of piperazine rings is 1. The van der Waals surface area contributed by atoms with E-state index in [9.17, 15) is 23.6 Å². The molecule has 318 valence electrons. The first-order valence-electron chi connectivity index (χ1n) is 20.5. The van der Waals surface area contributed by atoms with Gasteiger partial charge in [-0.2, -0.15) is 0 Å². The van der Waals surface area contributed by atoms with E-state index < -0.39 is 34.6 Å². The van der Waals surface area contributed by atoms with Crippen molar-refractivity contribution in [3.63, 3.8) is 0 Å². The number of anilines is 3. The molecular formula is C45H53FN6O8. The van der Waals surface area contributed by atoms with Gasteiger partial charge < -0.3 is 39.4 Å². The quantitative estimate of drug-likeness (QED) is 0.0827. The summed E-state index contributed by atoms with van der Waals surface area (Å²) in [7, 11) is 1.66. The van der Waals surface area contributed by atoms with E-state index in [2.05, 4.69) is 25.4 Å². The molecule has 3 heterocycles. The van der Waals surface area contributed by atoms with Crippen molar-refractivity contribution in [3.05, 3.63) is 78.7 Å². The molecule has 0 bridgehead atoms. The Bertz CT molecular complexity index is 2180. The standard InChI is InChI=1S/C45H53FN6O8/c1-44(2,3)60-41(54)29-58-26-16-40(53)52-24-22-50(23-25-52)33-14-20-51(21-15-33)37-28-36-35(27-39(37)57-4)38(13-19-47-36)59-34-11-9-32(10-12-34)49-43(56)45(17-18-45)42(55)48-31-7-5-30(46)6-8-31/h5-13,19,27-28,33H,14-18,20-26,29H2,1-4H3,(H,48,55)(H,49,56). The molecule has 3 fully saturated rings. The number of methoxy groups -OCH3 is 1. The van der Waals surface area contributed by atoms with Gasteiger partial charge in [-0.25, -0.2) is 9.18 Å². The molecule has 0 unspecified atom stereocenters. The van der Waals surface area contributed by atoms with Crippen molar-refractivity contribution in [2.75, 3.05) is 75.1 Å². The van der Waals surface area contributed by atoms with Crippen molar-refractivity contribution in [2.45, 2.75) is 64.5 Å². The van der Waals surface area contributed by atoms with Crippen molar-refractivity contribution >= 4 is 51.7 Å². The summed E-state index contributed by atoms with van der Waals surface area (Å²) in [6, 6.07) is 18.6. The highest BCUT2D eigenvalue weighted by molar-refractivity contribution is 6.16. The molecule has 2 aliphatic heterocycles. The molecule has 60 heavy (non-hydrogen) atoms. The van der Waals surface area contributed by atoms with Gasteiger partial charge in [0.15, 0.2) is 0 Å². The number of rotatable bonds is 14. The van der Waals surface area contributed by atoms with Crippen LogP contribution in [0.15, 0.2) is 72.9 Å². The van der Waals surface area contributed by atoms with Crippen LogP contribution in [0.4, 0.5) is 21.5 Å². The Hall–Kier alpha value is -5.80. The molecule has 3 aliphatic rings. The first kappa shape index (κ1) is 42.3. The van der Waals surface area contributed by atoms with Crippen LogP contribution in [0, 0.1) is 11.2 Å². The maximum Gasteiger partial charge on any atom is 0.332 e. The lowest BCUT2D eigenvalue weighted by molar-refractivity contribution is -0.160. The van der Waals surface area contributed by atoms with E-state index in [1.165, 1.54) is 24.3 Å². The Morgan fingerprint density at radius 1 is 0.833 bits per heavy atom. The van der Waals surface area contributed by atoms with Crippen molar-refractivity contribution in [1.29, 1.82) is 0 Å². The minimum Gasteiger partial charge on any atom is -0.495 e. The average molecular weight is 825 g/mol. The zero-order chi connectivity index (χ0) is 42.4. The summed E-state index contributed by atoms with van der Waals surface area (Å²) in [6.45, 7) is 10.1. The minimum atomic E-state index is -1.17. The van der Waals surface area contributed by atoms with Gasteiger partial charge in [-0.15, -0.1) is 0 Å². The lowest BCUT2D eigenvalue weighted by atomic mass is 10.0. The number of aromatic nitrogens is 1. The summed E-state index contributed by atoms with van der Waals surface area (Å²) >= 11 is 0. The van der Waals surface area contributed by atoms with Crippen LogP contribution < -0.4 is 25.0 Å². The van der Waals surface area contributed by atoms with E-state index >= 15 is 0 Å². The number of halogens is 1. The summed E-state index contributed by atoms with van der Waals surface area (Å²) in [4.78, 5) is 62.2. The highest BCUT2D eigenvalue weighted by Crippen LogP contribution is 2.47. The monoisotopic (exact) mass is 824 g/mol. The number of pyridine rings is 1. The Labute approximate surface area is 349 Å². The predicted octanol–water partition coefficient (Wildman–Crippen LogP) is 6.39. The fourth-order valence-corrected chi connectivity index (χ4v) is 7.74. The molecule has 1 aliphatic carbocycles. The van der Waals surface area contributed by atoms with Crippen LogP contribution in [-0.2, 0) is 28.7 Å². The van der Waals surface area contributed by atoms with Gasteiger partial charge in [0.25, 0.3) is 0 Å². The third-order valence-corrected chi connectivity index (χ3v) is 11.2. The number of carbonyl (C=O) groups excluding carboxylic acids is 4. The number of benzene rings is 3. The fourth-order valence-electron chi connectivity index (χ4n) is 7.74. The summed E-state index contributed by atoms with van der Waals surface area (Å²) in [5.41, 5.74) is 0.945. The predicted molar refractivity (Wildman–Crippen MR) is 225 cm³/mol. The highest BCUT2D eigenvalue weighted by atomic mass is 19.1. The van der Waals surface area contributed by atoms with Gasteiger partial charge in [-0.3, -0.25) is 24.3 Å². The van der Waals surface area contributed by atoms with Crippen LogP contribution in [0.3, 0.4) is 0 Å². The van der Waals surface area contributed by atoms with Gasteiger partial charge in [0, 0.05) is 68.3 Å². The van der Waals surface area contributed by atoms with Crippen LogP contribution in [0.1, 0.15) is 52.9 Å². The molecule has 2 N–H and O–H groups in total. The second-order valence-corrected chi connectivity index (χ2v) is 16.5. The van der Waals surface area contributed by atoms with E-state index in [0.717, 1.165) is 61.4 Å². The number of esters is 1. The molecule has 1 aromatic heterocycles. The molecule has 3 aromatic carbocycles. The number of hydrogen-bond donors (Lipinski definition) is 2. The molecule has 3 amide bonds. The third-order valence-electron chi connectivity index (χ3n) is 11.2. The Kier molecular flexibility index (Phi) is 12.9. The van der Waals surface area contributed by atoms with E-state index in [-0.39, 0.29) is 25.5 Å². The van der Waals surface area contributed by atoms with Gasteiger partial charge in [0.1, 0.15) is 40.7 Å². The van der Waals surface area contributed by atoms with E-state index in [4.69, 9.17) is 18.9 Å². The van der Waals surface area contributed by atoms with Gasteiger partial charge in [-0.1, -0.05) is 0 Å². The van der Waals surface area contributed by atoms with Crippen molar-refractivity contribution < 1.29 is 42.5 Å². The Morgan fingerprint density at radius 3 is 2.07 bits per heavy atom. The van der Waals surface area contributed by atoms with Gasteiger partial charge in [0.2, 0.25) is 17.7 Å². The molecule has 15 heteroatoms. The summed E-state index contributed by atoms with van der Waals surface area (Å²) in [5.74, 6) is 0.247. The first-order chi connectivity index (χ1) is 28.8. The number of fused-ring (bicyclic) bond motifs is 1. The van der Waals surface area contributed by atoms with Crippen LogP contribution in [0.2, 0.25) is 0 Å². The fraction of sp³-hybridized carbons (Fsp3) is 0.444. The van der Waals surface area contributed by atoms with Crippen LogP contribution in [0.5, 0.6) is 17.2 Å². The molecule has 7 rings (SSSR count). The second-order valence-electron chi connectivity index (χ2n) is 16.5. The first-order valence-corrected chi connectivity index (χ1v) is 20.5. The van der Waals surface area contributed by atoms with Crippen LogP contribution in [-0.4, -0.2) is 110 Å². The molecule has 0 spiro atoms. The molecule has 0 radical (unpaired) electrons. The maximum atomic E-state index is 13.3. The number of hydrogen-bond acceptors (Lipinski definition) is 11. The highest BCUT2D eigenvalue weighted by Gasteiger charge is 2.56. The van der Waals surface area contributed by atoms with Gasteiger partial charge in [0.05, 0.1) is 31.3 Å². The number of nitrogens with zero attached hydrogens (tertiary/aromatic N) is 4. The topological polar surface area (TPSA) is 152 Å². The maximum absolute atomic E-state index is 13.3. The average Bonchev–Trinajstić information content (AvgIpc) is 4.06. The normalized spacial score (nSPS) is 16.9. The number of piperidine rings is 1. The number of ether oxygens (including phenoxy) is 4. The van der Waals surface area contributed by atoms with Crippen molar-refractivity contribution in [2.24, 2.45) is 5.41 Å². The molecule has 2 saturated heterocycles. The zero-order valence-electron chi connectivity index (χ0n) is 34.6. The molecule has 1 saturated carbocycles. The SMILES string of the molecule is COc1cc2c(Oc3ccc(NC(=O)C4(C(=O)Nc5ccc(F)cc5)CC4)cc3)ccnc2cc1N1CCC(N2CCN(C(=O)CCOCC(=O)OC(C)(C)C)CC2)CC1. The number of carbonyl (C=O) groups is 4. The lowest BCUT2D eigenvalue weighted by Crippen LogP contribution is -2.54. The van der Waals surface area contributed by atoms with Gasteiger partial charge in [-0.05, 0) is 113 Å². The summed E-state index contributed by atoms with van der Waals surface area (Å²) in [6.07, 6.45) is 4.75. The summed E-state index contributed by atoms with van der Waals surface area (Å²) in [5, 5.41) is 6.37. The van der Waals surface area contributed by atoms with Crippen molar-refractivity contribution in [1.82, 2.24) is 14.8 Å². The smallest absolute Gasteiger partial charge is 0.332 e. The summed E-state index contributed by atoms with van der Waals surface area (Å²) < 4.78 is 36.2. The Morgan fingerprint density at radius 2 is 1.47 bits per heavy atom. The van der Waals surface area contributed by atoms with Crippen LogP contribution in [0.25, 0.3) is 10.9 Å². The van der Waals surface area contributed by atoms with E-state index in [0.29, 0.717) is 54.8 Å². The zero-order valence-corrected chi connectivity index (χ0v) is 34.6. The number of amides is 3. The molecule has 4 aromatic rings. The number of nitrogens with one attached hydrogen (secondary N) is 2. The molecule has 0 atom stereocenters. The second kappa shape index (κ2) is 18.2. The molecular weight excluding hydrogens is 772 g/mol. The minimum absolute atomic E-state index is 0.0368.